The van der Waals surface area contributed by atoms with E-state index in [1.807, 2.05) is 10.6 Å². The molecule has 7 heteroatoms. The first-order chi connectivity index (χ1) is 13.7. The number of nitrogens with zero attached hydrogens (tertiary/aromatic N) is 4. The third-order valence-corrected chi connectivity index (χ3v) is 5.11. The average molecular weight is 385 g/mol. The molecule has 0 bridgehead atoms. The first kappa shape index (κ1) is 20.2. The molecule has 2 aromatic rings. The van der Waals surface area contributed by atoms with E-state index in [0.717, 1.165) is 63.6 Å². The Kier molecular flexibility index (Phi) is 7.28. The normalized spacial score (nSPS) is 15.1. The minimum absolute atomic E-state index is 0.0342. The Labute approximate surface area is 166 Å². The highest BCUT2D eigenvalue weighted by atomic mass is 16.2. The second-order valence-corrected chi connectivity index (χ2v) is 7.34. The van der Waals surface area contributed by atoms with E-state index in [1.165, 1.54) is 5.56 Å². The van der Waals surface area contributed by atoms with Crippen LogP contribution in [0.5, 0.6) is 0 Å². The first-order valence-corrected chi connectivity index (χ1v) is 10.4. The van der Waals surface area contributed by atoms with E-state index < -0.39 is 0 Å². The molecular weight excluding hydrogens is 352 g/mol. The van der Waals surface area contributed by atoms with Gasteiger partial charge in [0.05, 0.1) is 0 Å². The van der Waals surface area contributed by atoms with Gasteiger partial charge in [-0.2, -0.15) is 5.10 Å². The quantitative estimate of drug-likeness (QED) is 0.415. The number of guanidine groups is 1. The number of nitrogens with one attached hydrogen (secondary N) is 2. The molecule has 7 nitrogen and oxygen atoms in total. The molecule has 1 aliphatic rings. The Morgan fingerprint density at radius 2 is 2.07 bits per heavy atom. The Hall–Kier alpha value is -2.57. The van der Waals surface area contributed by atoms with Crippen molar-refractivity contribution in [2.45, 2.75) is 58.5 Å². The highest BCUT2D eigenvalue weighted by molar-refractivity contribution is 5.79. The molecule has 0 fully saturated rings. The highest BCUT2D eigenvalue weighted by Gasteiger charge is 2.16. The fraction of sp³-hybridized carbons (Fsp3) is 0.571. The van der Waals surface area contributed by atoms with Crippen LogP contribution in [0.3, 0.4) is 0 Å². The van der Waals surface area contributed by atoms with Crippen LogP contribution >= 0.6 is 0 Å². The summed E-state index contributed by atoms with van der Waals surface area (Å²) in [5.74, 6) is 2.13. The summed E-state index contributed by atoms with van der Waals surface area (Å²) in [6, 6.07) is 10.4. The number of hydrogen-bond donors (Lipinski definition) is 2. The van der Waals surface area contributed by atoms with Crippen molar-refractivity contribution < 1.29 is 0 Å². The van der Waals surface area contributed by atoms with Crippen LogP contribution in [0, 0.1) is 0 Å². The molecule has 152 valence electrons. The van der Waals surface area contributed by atoms with E-state index in [0.29, 0.717) is 12.5 Å². The van der Waals surface area contributed by atoms with Crippen molar-refractivity contribution in [1.29, 1.82) is 0 Å². The number of rotatable bonds is 8. The fourth-order valence-corrected chi connectivity index (χ4v) is 3.49. The predicted molar refractivity (Wildman–Crippen MR) is 113 cm³/mol. The number of aryl methyl sites for hydroxylation is 2. The van der Waals surface area contributed by atoms with Gasteiger partial charge in [-0.3, -0.25) is 9.56 Å². The monoisotopic (exact) mass is 384 g/mol. The maximum absolute atomic E-state index is 12.4. The van der Waals surface area contributed by atoms with Gasteiger partial charge in [0.15, 0.2) is 5.96 Å². The van der Waals surface area contributed by atoms with Gasteiger partial charge in [-0.05, 0) is 31.7 Å². The van der Waals surface area contributed by atoms with Crippen LogP contribution in [-0.4, -0.2) is 39.9 Å². The molecule has 1 aromatic carbocycles. The van der Waals surface area contributed by atoms with Gasteiger partial charge >= 0.3 is 5.69 Å². The van der Waals surface area contributed by atoms with Crippen molar-refractivity contribution >= 4 is 5.96 Å². The van der Waals surface area contributed by atoms with E-state index in [2.05, 4.69) is 53.8 Å². The lowest BCUT2D eigenvalue weighted by atomic mass is 10.0. The van der Waals surface area contributed by atoms with E-state index in [9.17, 15) is 4.79 Å². The summed E-state index contributed by atoms with van der Waals surface area (Å²) in [5, 5.41) is 11.1. The van der Waals surface area contributed by atoms with Crippen LogP contribution in [0.25, 0.3) is 0 Å². The number of fused-ring (bicyclic) bond motifs is 1. The van der Waals surface area contributed by atoms with Crippen LogP contribution < -0.4 is 16.3 Å². The zero-order chi connectivity index (χ0) is 19.8. The van der Waals surface area contributed by atoms with E-state index in [-0.39, 0.29) is 5.69 Å². The zero-order valence-electron chi connectivity index (χ0n) is 17.0. The molecule has 1 unspecified atom stereocenters. The molecule has 2 heterocycles. The van der Waals surface area contributed by atoms with Gasteiger partial charge in [0.1, 0.15) is 5.82 Å². The van der Waals surface area contributed by atoms with Crippen LogP contribution in [0.2, 0.25) is 0 Å². The molecule has 1 aliphatic heterocycles. The van der Waals surface area contributed by atoms with E-state index in [4.69, 9.17) is 4.99 Å². The number of aromatic nitrogens is 3. The fourth-order valence-electron chi connectivity index (χ4n) is 3.49. The molecule has 0 saturated heterocycles. The first-order valence-electron chi connectivity index (χ1n) is 10.4. The third kappa shape index (κ3) is 5.24. The number of hydrogen-bond acceptors (Lipinski definition) is 3. The Morgan fingerprint density at radius 3 is 2.82 bits per heavy atom. The van der Waals surface area contributed by atoms with Crippen LogP contribution in [-0.2, 0) is 19.5 Å². The van der Waals surface area contributed by atoms with E-state index >= 15 is 0 Å². The molecule has 0 saturated carbocycles. The molecule has 0 aliphatic carbocycles. The van der Waals surface area contributed by atoms with Crippen molar-refractivity contribution in [3.05, 3.63) is 52.2 Å². The average Bonchev–Trinajstić information content (AvgIpc) is 3.05. The summed E-state index contributed by atoms with van der Waals surface area (Å²) in [7, 11) is 0. The van der Waals surface area contributed by atoms with Crippen LogP contribution in [0.15, 0.2) is 40.1 Å². The summed E-state index contributed by atoms with van der Waals surface area (Å²) in [4.78, 5) is 17.1. The van der Waals surface area contributed by atoms with Crippen molar-refractivity contribution in [2.75, 3.05) is 19.6 Å². The van der Waals surface area contributed by atoms with E-state index in [1.54, 1.807) is 4.68 Å². The molecule has 28 heavy (non-hydrogen) atoms. The lowest BCUT2D eigenvalue weighted by Crippen LogP contribution is -2.38. The minimum Gasteiger partial charge on any atom is -0.357 e. The summed E-state index contributed by atoms with van der Waals surface area (Å²) in [6.45, 7) is 7.99. The maximum Gasteiger partial charge on any atom is 0.345 e. The largest absolute Gasteiger partial charge is 0.357 e. The van der Waals surface area contributed by atoms with Crippen molar-refractivity contribution in [2.24, 2.45) is 4.99 Å². The molecule has 3 rings (SSSR count). The number of benzene rings is 1. The van der Waals surface area contributed by atoms with Gasteiger partial charge in [0, 0.05) is 45.1 Å². The van der Waals surface area contributed by atoms with Crippen molar-refractivity contribution in [3.63, 3.8) is 0 Å². The smallest absolute Gasteiger partial charge is 0.345 e. The molecule has 1 atom stereocenters. The number of aliphatic imine (C=N–C) groups is 1. The molecular formula is C21H32N6O. The van der Waals surface area contributed by atoms with Gasteiger partial charge in [-0.15, -0.1) is 0 Å². The minimum atomic E-state index is 0.0342. The Bertz CT molecular complexity index is 823. The third-order valence-electron chi connectivity index (χ3n) is 5.11. The summed E-state index contributed by atoms with van der Waals surface area (Å²) < 4.78 is 3.44. The second kappa shape index (κ2) is 10.1. The Morgan fingerprint density at radius 1 is 1.25 bits per heavy atom. The van der Waals surface area contributed by atoms with Gasteiger partial charge in [0.25, 0.3) is 0 Å². The summed E-state index contributed by atoms with van der Waals surface area (Å²) >= 11 is 0. The highest BCUT2D eigenvalue weighted by Crippen LogP contribution is 2.14. The zero-order valence-corrected chi connectivity index (χ0v) is 17.0. The SMILES string of the molecule is CCNC(=NCC(C)c1ccccc1)NCCCn1nc2n(c1=O)CCCC2. The van der Waals surface area contributed by atoms with Crippen LogP contribution in [0.1, 0.15) is 50.4 Å². The molecule has 0 radical (unpaired) electrons. The topological polar surface area (TPSA) is 76.2 Å². The lowest BCUT2D eigenvalue weighted by Gasteiger charge is -2.13. The standard InChI is InChI=1S/C21H32N6O/c1-3-22-20(24-16-17(2)18-10-5-4-6-11-18)23-13-9-15-27-21(28)26-14-8-7-12-19(26)25-27/h4-6,10-11,17H,3,7-9,12-16H2,1-2H3,(H2,22,23,24). The van der Waals surface area contributed by atoms with Gasteiger partial charge in [-0.1, -0.05) is 37.3 Å². The lowest BCUT2D eigenvalue weighted by molar-refractivity contribution is 0.509. The predicted octanol–water partition coefficient (Wildman–Crippen LogP) is 2.13. The van der Waals surface area contributed by atoms with Crippen molar-refractivity contribution in [3.8, 4) is 0 Å². The van der Waals surface area contributed by atoms with Gasteiger partial charge in [-0.25, -0.2) is 9.48 Å². The summed E-state index contributed by atoms with van der Waals surface area (Å²) in [5.41, 5.74) is 1.33. The van der Waals surface area contributed by atoms with Crippen LogP contribution in [0.4, 0.5) is 0 Å². The van der Waals surface area contributed by atoms with Gasteiger partial charge in [0.2, 0.25) is 0 Å². The van der Waals surface area contributed by atoms with Crippen molar-refractivity contribution in [1.82, 2.24) is 25.0 Å². The maximum atomic E-state index is 12.4. The second-order valence-electron chi connectivity index (χ2n) is 7.34. The Balaban J connectivity index is 1.48. The molecule has 0 spiro atoms. The molecule has 0 amide bonds. The molecule has 2 N–H and O–H groups in total. The molecule has 1 aromatic heterocycles. The summed E-state index contributed by atoms with van der Waals surface area (Å²) in [6.07, 6.45) is 3.94. The van der Waals surface area contributed by atoms with Gasteiger partial charge < -0.3 is 10.6 Å².